The lowest BCUT2D eigenvalue weighted by molar-refractivity contribution is -0.672. The normalized spacial score (nSPS) is 11.7. The fraction of sp³-hybridized carbons (Fsp3) is 0.558. The quantitative estimate of drug-likeness (QED) is 0.0483. The molecular formula is C43H63N5+2. The van der Waals surface area contributed by atoms with Gasteiger partial charge >= 0.3 is 0 Å². The van der Waals surface area contributed by atoms with E-state index in [9.17, 15) is 0 Å². The van der Waals surface area contributed by atoms with Crippen LogP contribution in [0.15, 0.2) is 79.4 Å². The van der Waals surface area contributed by atoms with Crippen molar-refractivity contribution in [1.82, 2.24) is 14.1 Å². The first-order chi connectivity index (χ1) is 23.8. The zero-order valence-electron chi connectivity index (χ0n) is 30.3. The van der Waals surface area contributed by atoms with E-state index in [0.29, 0.717) is 0 Å². The molecular weight excluding hydrogens is 587 g/mol. The minimum atomic E-state index is 0.963. The van der Waals surface area contributed by atoms with Crippen LogP contribution in [0.4, 0.5) is 0 Å². The molecule has 0 aliphatic heterocycles. The lowest BCUT2D eigenvalue weighted by Crippen LogP contribution is -2.32. The highest BCUT2D eigenvalue weighted by atomic mass is 15.2. The largest absolute Gasteiger partial charge is 0.251 e. The minimum absolute atomic E-state index is 0.963. The molecule has 0 saturated heterocycles. The minimum Gasteiger partial charge on any atom is -0.229 e. The molecule has 0 unspecified atom stereocenters. The van der Waals surface area contributed by atoms with Gasteiger partial charge in [0.1, 0.15) is 0 Å². The third-order valence-electron chi connectivity index (χ3n) is 10.1. The molecule has 5 heteroatoms. The van der Waals surface area contributed by atoms with E-state index in [0.717, 1.165) is 24.7 Å². The molecule has 48 heavy (non-hydrogen) atoms. The van der Waals surface area contributed by atoms with E-state index in [4.69, 9.17) is 4.98 Å². The number of unbranched alkanes of at least 4 members (excludes halogenated alkanes) is 18. The molecule has 0 saturated carbocycles. The molecule has 0 fully saturated rings. The fourth-order valence-corrected chi connectivity index (χ4v) is 7.29. The van der Waals surface area contributed by atoms with Crippen LogP contribution in [-0.4, -0.2) is 14.1 Å². The molecule has 0 bridgehead atoms. The smallest absolute Gasteiger partial charge is 0.229 e. The van der Waals surface area contributed by atoms with Crippen LogP contribution in [0, 0.1) is 0 Å². The topological polar surface area (TPSA) is 30.5 Å². The molecule has 0 radical (unpaired) electrons. The van der Waals surface area contributed by atoms with E-state index >= 15 is 0 Å². The van der Waals surface area contributed by atoms with Gasteiger partial charge in [-0.25, -0.2) is 9.13 Å². The van der Waals surface area contributed by atoms with E-state index in [-0.39, 0.29) is 0 Å². The van der Waals surface area contributed by atoms with E-state index in [1.54, 1.807) is 0 Å². The summed E-state index contributed by atoms with van der Waals surface area (Å²) in [5.74, 6) is 1.93. The van der Waals surface area contributed by atoms with Gasteiger partial charge in [-0.05, 0) is 49.9 Å². The van der Waals surface area contributed by atoms with Gasteiger partial charge in [-0.1, -0.05) is 147 Å². The number of para-hydroxylation sites is 4. The van der Waals surface area contributed by atoms with Crippen LogP contribution in [0.1, 0.15) is 142 Å². The first kappa shape index (κ1) is 35.8. The Labute approximate surface area is 291 Å². The maximum absolute atomic E-state index is 5.25. The third-order valence-corrected chi connectivity index (χ3v) is 10.1. The third kappa shape index (κ3) is 10.3. The second-order valence-electron chi connectivity index (χ2n) is 14.1. The monoisotopic (exact) mass is 650 g/mol. The SMILES string of the molecule is CCCCCCCCCCCC[n+]1cn(-c2cccc(-n3c[n+](CCCCCCCCCCCC)c4ccccc43)n2)c2ccccc21. The van der Waals surface area contributed by atoms with Crippen molar-refractivity contribution in [3.8, 4) is 11.6 Å². The van der Waals surface area contributed by atoms with Crippen molar-refractivity contribution in [2.24, 2.45) is 0 Å². The van der Waals surface area contributed by atoms with Crippen molar-refractivity contribution in [2.45, 2.75) is 155 Å². The second kappa shape index (κ2) is 20.1. The number of rotatable bonds is 24. The highest BCUT2D eigenvalue weighted by Crippen LogP contribution is 2.21. The Balaban J connectivity index is 1.20. The molecule has 5 rings (SSSR count). The number of nitrogens with zero attached hydrogens (tertiary/aromatic N) is 5. The summed E-state index contributed by atoms with van der Waals surface area (Å²) in [7, 11) is 0. The van der Waals surface area contributed by atoms with E-state index < -0.39 is 0 Å². The molecule has 0 spiro atoms. The molecule has 0 amide bonds. The van der Waals surface area contributed by atoms with Gasteiger partial charge in [-0.2, -0.15) is 14.1 Å². The van der Waals surface area contributed by atoms with Gasteiger partial charge in [0.25, 0.3) is 12.7 Å². The van der Waals surface area contributed by atoms with Crippen LogP contribution in [0.25, 0.3) is 33.7 Å². The zero-order valence-corrected chi connectivity index (χ0v) is 30.3. The number of benzene rings is 2. The van der Waals surface area contributed by atoms with Gasteiger partial charge in [0, 0.05) is 12.1 Å². The van der Waals surface area contributed by atoms with Crippen LogP contribution >= 0.6 is 0 Å². The van der Waals surface area contributed by atoms with Crippen LogP contribution in [0.5, 0.6) is 0 Å². The van der Waals surface area contributed by atoms with Crippen LogP contribution < -0.4 is 9.13 Å². The van der Waals surface area contributed by atoms with E-state index in [1.807, 2.05) is 0 Å². The van der Waals surface area contributed by atoms with Gasteiger partial charge in [0.05, 0.1) is 13.1 Å². The molecule has 5 nitrogen and oxygen atoms in total. The summed E-state index contributed by atoms with van der Waals surface area (Å²) in [4.78, 5) is 5.25. The Morgan fingerprint density at radius 1 is 0.417 bits per heavy atom. The molecule has 0 aliphatic rings. The molecule has 0 atom stereocenters. The lowest BCUT2D eigenvalue weighted by atomic mass is 10.1. The van der Waals surface area contributed by atoms with Crippen molar-refractivity contribution >= 4 is 22.1 Å². The summed E-state index contributed by atoms with van der Waals surface area (Å²) in [5.41, 5.74) is 4.98. The zero-order chi connectivity index (χ0) is 33.2. The fourth-order valence-electron chi connectivity index (χ4n) is 7.29. The molecule has 258 valence electrons. The number of fused-ring (bicyclic) bond motifs is 2. The molecule has 2 aromatic carbocycles. The predicted octanol–water partition coefficient (Wildman–Crippen LogP) is 11.4. The second-order valence-corrected chi connectivity index (χ2v) is 14.1. The van der Waals surface area contributed by atoms with E-state index in [1.165, 1.54) is 150 Å². The van der Waals surface area contributed by atoms with Gasteiger partial charge in [0.15, 0.2) is 22.1 Å². The first-order valence-corrected chi connectivity index (χ1v) is 19.8. The number of imidazole rings is 2. The predicted molar refractivity (Wildman–Crippen MR) is 202 cm³/mol. The van der Waals surface area contributed by atoms with Crippen molar-refractivity contribution < 1.29 is 9.13 Å². The maximum atomic E-state index is 5.25. The Kier molecular flexibility index (Phi) is 15.0. The molecule has 3 aromatic heterocycles. The number of hydrogen-bond acceptors (Lipinski definition) is 1. The number of hydrogen-bond donors (Lipinski definition) is 0. The number of aromatic nitrogens is 5. The average molecular weight is 650 g/mol. The molecule has 0 aliphatic carbocycles. The van der Waals surface area contributed by atoms with Gasteiger partial charge < -0.3 is 0 Å². The summed E-state index contributed by atoms with van der Waals surface area (Å²) >= 11 is 0. The Morgan fingerprint density at radius 3 is 1.17 bits per heavy atom. The highest BCUT2D eigenvalue weighted by Gasteiger charge is 2.21. The van der Waals surface area contributed by atoms with Crippen LogP contribution in [0.3, 0.4) is 0 Å². The molecule has 0 N–H and O–H groups in total. The summed E-state index contributed by atoms with van der Waals surface area (Å²) in [6.45, 7) is 6.68. The van der Waals surface area contributed by atoms with Gasteiger partial charge in [0.2, 0.25) is 11.6 Å². The Morgan fingerprint density at radius 2 is 0.771 bits per heavy atom. The van der Waals surface area contributed by atoms with Crippen LogP contribution in [-0.2, 0) is 13.1 Å². The van der Waals surface area contributed by atoms with Crippen molar-refractivity contribution in [3.63, 3.8) is 0 Å². The summed E-state index contributed by atoms with van der Waals surface area (Å²) in [6, 6.07) is 24.0. The number of aryl methyl sites for hydroxylation is 2. The van der Waals surface area contributed by atoms with Crippen LogP contribution in [0.2, 0.25) is 0 Å². The first-order valence-electron chi connectivity index (χ1n) is 19.8. The summed E-state index contributed by atoms with van der Waals surface area (Å²) < 4.78 is 9.41. The average Bonchev–Trinajstić information content (AvgIpc) is 3.69. The lowest BCUT2D eigenvalue weighted by Gasteiger charge is -2.02. The van der Waals surface area contributed by atoms with Gasteiger partial charge in [-0.3, -0.25) is 0 Å². The standard InChI is InChI=1S/C43H63N5/c1-3-5-7-9-11-13-15-17-19-25-34-45-36-47(40-30-23-21-28-38(40)45)42-32-27-33-43(44-42)48-37-46(39-29-22-24-31-41(39)48)35-26-20-18-16-14-12-10-8-6-4-2/h21-24,27-33,36-37H,3-20,25-26,34-35H2,1-2H3/q+2. The maximum Gasteiger partial charge on any atom is 0.251 e. The van der Waals surface area contributed by atoms with Gasteiger partial charge in [-0.15, -0.1) is 0 Å². The summed E-state index contributed by atoms with van der Waals surface area (Å²) in [5, 5.41) is 0. The van der Waals surface area contributed by atoms with E-state index in [2.05, 4.69) is 112 Å². The molecule has 5 aromatic rings. The highest BCUT2D eigenvalue weighted by molar-refractivity contribution is 5.75. The van der Waals surface area contributed by atoms with Crippen molar-refractivity contribution in [3.05, 3.63) is 79.4 Å². The summed E-state index contributed by atoms with van der Waals surface area (Å²) in [6.07, 6.45) is 31.8. The van der Waals surface area contributed by atoms with Crippen molar-refractivity contribution in [2.75, 3.05) is 0 Å². The molecule has 3 heterocycles. The van der Waals surface area contributed by atoms with Crippen molar-refractivity contribution in [1.29, 1.82) is 0 Å². The Hall–Kier alpha value is -3.47. The Bertz CT molecular complexity index is 1510. The number of pyridine rings is 1.